The molecule has 1 aromatic rings. The van der Waals surface area contributed by atoms with Crippen molar-refractivity contribution in [2.45, 2.75) is 4.90 Å². The van der Waals surface area contributed by atoms with Gasteiger partial charge in [-0.1, -0.05) is 15.9 Å². The maximum atomic E-state index is 13.4. The van der Waals surface area contributed by atoms with Crippen molar-refractivity contribution in [2.24, 2.45) is 0 Å². The van der Waals surface area contributed by atoms with Crippen molar-refractivity contribution < 1.29 is 17.6 Å². The van der Waals surface area contributed by atoms with Gasteiger partial charge in [-0.15, -0.1) is 0 Å². The lowest BCUT2D eigenvalue weighted by Crippen LogP contribution is -2.35. The number of halogens is 2. The second-order valence-corrected chi connectivity index (χ2v) is 5.72. The van der Waals surface area contributed by atoms with Crippen LogP contribution in [-0.4, -0.2) is 27.9 Å². The molecule has 0 bridgehead atoms. The summed E-state index contributed by atoms with van der Waals surface area (Å²) in [5.41, 5.74) is 0. The normalized spacial score (nSPS) is 11.2. The molecule has 0 aliphatic rings. The van der Waals surface area contributed by atoms with Gasteiger partial charge in [-0.05, 0) is 18.2 Å². The first kappa shape index (κ1) is 14.1. The number of likely N-dealkylation sites (N-methyl/N-ethyl adjacent to an activating group) is 1. The van der Waals surface area contributed by atoms with Crippen LogP contribution < -0.4 is 10.0 Å². The summed E-state index contributed by atoms with van der Waals surface area (Å²) in [5, 5.41) is 2.25. The number of hydrogen-bond acceptors (Lipinski definition) is 3. The molecular formula is C9H10BrFN2O3S. The maximum absolute atomic E-state index is 13.4. The number of amides is 1. The summed E-state index contributed by atoms with van der Waals surface area (Å²) in [6.07, 6.45) is 0. The van der Waals surface area contributed by atoms with Gasteiger partial charge in [-0.3, -0.25) is 4.79 Å². The Balaban J connectivity index is 2.94. The van der Waals surface area contributed by atoms with Gasteiger partial charge in [0.2, 0.25) is 15.9 Å². The maximum Gasteiger partial charge on any atom is 0.243 e. The Morgan fingerprint density at radius 2 is 2.12 bits per heavy atom. The number of carbonyl (C=O) groups is 1. The smallest absolute Gasteiger partial charge is 0.243 e. The van der Waals surface area contributed by atoms with Crippen LogP contribution in [0.3, 0.4) is 0 Å². The highest BCUT2D eigenvalue weighted by atomic mass is 79.9. The Hall–Kier alpha value is -0.990. The molecule has 0 aliphatic heterocycles. The van der Waals surface area contributed by atoms with Crippen molar-refractivity contribution in [2.75, 3.05) is 13.6 Å². The van der Waals surface area contributed by atoms with Crippen LogP contribution in [0.1, 0.15) is 0 Å². The van der Waals surface area contributed by atoms with E-state index in [9.17, 15) is 17.6 Å². The van der Waals surface area contributed by atoms with E-state index < -0.39 is 33.2 Å². The number of hydrogen-bond donors (Lipinski definition) is 2. The van der Waals surface area contributed by atoms with Crippen LogP contribution >= 0.6 is 15.9 Å². The zero-order chi connectivity index (χ0) is 13.1. The van der Waals surface area contributed by atoms with E-state index in [2.05, 4.69) is 21.2 Å². The van der Waals surface area contributed by atoms with E-state index in [4.69, 9.17) is 0 Å². The topological polar surface area (TPSA) is 75.3 Å². The molecule has 5 nitrogen and oxygen atoms in total. The molecule has 0 heterocycles. The summed E-state index contributed by atoms with van der Waals surface area (Å²) in [4.78, 5) is 10.4. The molecule has 0 saturated carbocycles. The highest BCUT2D eigenvalue weighted by Crippen LogP contribution is 2.18. The van der Waals surface area contributed by atoms with Crippen LogP contribution in [0.5, 0.6) is 0 Å². The van der Waals surface area contributed by atoms with E-state index in [1.165, 1.54) is 13.1 Å². The van der Waals surface area contributed by atoms with Gasteiger partial charge in [0.1, 0.15) is 10.7 Å². The average molecular weight is 325 g/mol. The second kappa shape index (κ2) is 5.56. The predicted octanol–water partition coefficient (Wildman–Crippen LogP) is 0.612. The fourth-order valence-electron chi connectivity index (χ4n) is 1.02. The first-order chi connectivity index (χ1) is 7.86. The fraction of sp³-hybridized carbons (Fsp3) is 0.222. The van der Waals surface area contributed by atoms with Crippen LogP contribution in [-0.2, 0) is 14.8 Å². The summed E-state index contributed by atoms with van der Waals surface area (Å²) >= 11 is 3.02. The molecule has 2 N–H and O–H groups in total. The van der Waals surface area contributed by atoms with E-state index >= 15 is 0 Å². The van der Waals surface area contributed by atoms with Gasteiger partial charge in [0.05, 0.1) is 6.54 Å². The SMILES string of the molecule is CNC(=O)CNS(=O)(=O)c1ccc(Br)cc1F. The van der Waals surface area contributed by atoms with Crippen LogP contribution in [0.25, 0.3) is 0 Å². The zero-order valence-electron chi connectivity index (χ0n) is 8.83. The Morgan fingerprint density at radius 3 is 2.65 bits per heavy atom. The Labute approximate surface area is 107 Å². The largest absolute Gasteiger partial charge is 0.358 e. The van der Waals surface area contributed by atoms with Crippen molar-refractivity contribution in [1.82, 2.24) is 10.0 Å². The lowest BCUT2D eigenvalue weighted by molar-refractivity contribution is -0.119. The Morgan fingerprint density at radius 1 is 1.47 bits per heavy atom. The first-order valence-corrected chi connectivity index (χ1v) is 6.79. The summed E-state index contributed by atoms with van der Waals surface area (Å²) in [6, 6.07) is 3.55. The molecule has 0 spiro atoms. The van der Waals surface area contributed by atoms with Gasteiger partial charge in [-0.2, -0.15) is 0 Å². The van der Waals surface area contributed by atoms with Gasteiger partial charge < -0.3 is 5.32 Å². The second-order valence-electron chi connectivity index (χ2n) is 3.07. The first-order valence-electron chi connectivity index (χ1n) is 4.52. The zero-order valence-corrected chi connectivity index (χ0v) is 11.2. The number of carbonyl (C=O) groups excluding carboxylic acids is 1. The molecule has 94 valence electrons. The summed E-state index contributed by atoms with van der Waals surface area (Å²) in [7, 11) is -2.65. The lowest BCUT2D eigenvalue weighted by Gasteiger charge is -2.07. The van der Waals surface area contributed by atoms with Crippen molar-refractivity contribution in [1.29, 1.82) is 0 Å². The molecule has 0 radical (unpaired) electrons. The van der Waals surface area contributed by atoms with E-state index in [-0.39, 0.29) is 0 Å². The van der Waals surface area contributed by atoms with Crippen LogP contribution in [0, 0.1) is 5.82 Å². The van der Waals surface area contributed by atoms with Crippen LogP contribution in [0.15, 0.2) is 27.6 Å². The van der Waals surface area contributed by atoms with Crippen molar-refractivity contribution >= 4 is 31.9 Å². The van der Waals surface area contributed by atoms with Gasteiger partial charge >= 0.3 is 0 Å². The van der Waals surface area contributed by atoms with E-state index in [1.54, 1.807) is 0 Å². The monoisotopic (exact) mass is 324 g/mol. The highest BCUT2D eigenvalue weighted by Gasteiger charge is 2.19. The number of sulfonamides is 1. The summed E-state index contributed by atoms with van der Waals surface area (Å²) < 4.78 is 39.1. The summed E-state index contributed by atoms with van der Waals surface area (Å²) in [6.45, 7) is -0.436. The van der Waals surface area contributed by atoms with Crippen LogP contribution in [0.4, 0.5) is 4.39 Å². The molecule has 0 atom stereocenters. The number of nitrogens with one attached hydrogen (secondary N) is 2. The molecule has 17 heavy (non-hydrogen) atoms. The molecule has 1 rings (SSSR count). The Bertz CT molecular complexity index is 533. The molecule has 8 heteroatoms. The van der Waals surface area contributed by atoms with Crippen LogP contribution in [0.2, 0.25) is 0 Å². The minimum atomic E-state index is -4.02. The predicted molar refractivity (Wildman–Crippen MR) is 63.4 cm³/mol. The molecule has 0 aliphatic carbocycles. The Kier molecular flexibility index (Phi) is 4.61. The fourth-order valence-corrected chi connectivity index (χ4v) is 2.39. The lowest BCUT2D eigenvalue weighted by atomic mass is 10.3. The summed E-state index contributed by atoms with van der Waals surface area (Å²) in [5.74, 6) is -1.39. The third-order valence-corrected chi connectivity index (χ3v) is 3.81. The molecular weight excluding hydrogens is 315 g/mol. The van der Waals surface area contributed by atoms with E-state index in [0.717, 1.165) is 12.1 Å². The quantitative estimate of drug-likeness (QED) is 0.852. The minimum Gasteiger partial charge on any atom is -0.358 e. The number of rotatable bonds is 4. The highest BCUT2D eigenvalue weighted by molar-refractivity contribution is 9.10. The molecule has 0 fully saturated rings. The average Bonchev–Trinajstić information content (AvgIpc) is 2.25. The minimum absolute atomic E-state index is 0.431. The molecule has 1 amide bonds. The molecule has 0 aromatic heterocycles. The standard InChI is InChI=1S/C9H10BrFN2O3S/c1-12-9(14)5-13-17(15,16)8-3-2-6(10)4-7(8)11/h2-4,13H,5H2,1H3,(H,12,14). The third-order valence-electron chi connectivity index (χ3n) is 1.89. The van der Waals surface area contributed by atoms with Gasteiger partial charge in [0, 0.05) is 11.5 Å². The van der Waals surface area contributed by atoms with E-state index in [1.807, 2.05) is 4.72 Å². The van der Waals surface area contributed by atoms with Gasteiger partial charge in [-0.25, -0.2) is 17.5 Å². The third kappa shape index (κ3) is 3.76. The van der Waals surface area contributed by atoms with Gasteiger partial charge in [0.15, 0.2) is 0 Å². The van der Waals surface area contributed by atoms with Crippen molar-refractivity contribution in [3.05, 3.63) is 28.5 Å². The van der Waals surface area contributed by atoms with Crippen molar-refractivity contribution in [3.63, 3.8) is 0 Å². The van der Waals surface area contributed by atoms with Gasteiger partial charge in [0.25, 0.3) is 0 Å². The van der Waals surface area contributed by atoms with Crippen molar-refractivity contribution in [3.8, 4) is 0 Å². The molecule has 0 saturated heterocycles. The molecule has 0 unspecified atom stereocenters. The van der Waals surface area contributed by atoms with E-state index in [0.29, 0.717) is 4.47 Å². The molecule has 1 aromatic carbocycles. The number of benzene rings is 1.